The Balaban J connectivity index is 2.95. The van der Waals surface area contributed by atoms with Crippen molar-refractivity contribution in [3.63, 3.8) is 0 Å². The average molecular weight is 193 g/mol. The minimum atomic E-state index is -0.713. The minimum absolute atomic E-state index is 0.215. The summed E-state index contributed by atoms with van der Waals surface area (Å²) in [6.07, 6.45) is 0. The van der Waals surface area contributed by atoms with Crippen LogP contribution in [-0.2, 0) is 0 Å². The molecule has 0 bridgehead atoms. The van der Waals surface area contributed by atoms with Crippen LogP contribution < -0.4 is 0 Å². The van der Waals surface area contributed by atoms with Crippen LogP contribution in [0.5, 0.6) is 5.75 Å². The number of nitriles is 1. The van der Waals surface area contributed by atoms with E-state index in [4.69, 9.17) is 10.4 Å². The maximum atomic E-state index is 13.3. The van der Waals surface area contributed by atoms with Crippen molar-refractivity contribution in [2.24, 2.45) is 0 Å². The van der Waals surface area contributed by atoms with Gasteiger partial charge in [-0.1, -0.05) is 0 Å². The third kappa shape index (κ3) is 1.05. The van der Waals surface area contributed by atoms with Crippen molar-refractivity contribution in [3.05, 3.63) is 28.9 Å². The van der Waals surface area contributed by atoms with Crippen LogP contribution in [0, 0.1) is 17.1 Å². The van der Waals surface area contributed by atoms with E-state index in [0.717, 1.165) is 0 Å². The first kappa shape index (κ1) is 8.02. The van der Waals surface area contributed by atoms with Gasteiger partial charge >= 0.3 is 0 Å². The molecule has 0 unspecified atom stereocenters. The lowest BCUT2D eigenvalue weighted by Crippen LogP contribution is -1.79. The average Bonchev–Trinajstić information content (AvgIpc) is 2.55. The first-order chi connectivity index (χ1) is 6.24. The quantitative estimate of drug-likeness (QED) is 0.698. The van der Waals surface area contributed by atoms with Gasteiger partial charge in [-0.15, -0.1) is 11.3 Å². The molecule has 13 heavy (non-hydrogen) atoms. The number of thiophene rings is 1. The Morgan fingerprint density at radius 2 is 2.23 bits per heavy atom. The van der Waals surface area contributed by atoms with Crippen molar-refractivity contribution in [2.75, 3.05) is 0 Å². The van der Waals surface area contributed by atoms with Gasteiger partial charge in [0, 0.05) is 15.5 Å². The summed E-state index contributed by atoms with van der Waals surface area (Å²) in [5.41, 5.74) is 0.272. The van der Waals surface area contributed by atoms with E-state index in [9.17, 15) is 4.39 Å². The Labute approximate surface area is 77.5 Å². The molecule has 0 radical (unpaired) electrons. The fourth-order valence-corrected chi connectivity index (χ4v) is 2.04. The van der Waals surface area contributed by atoms with Crippen molar-refractivity contribution < 1.29 is 9.50 Å². The van der Waals surface area contributed by atoms with E-state index in [1.807, 2.05) is 6.07 Å². The van der Waals surface area contributed by atoms with Gasteiger partial charge in [0.1, 0.15) is 6.07 Å². The third-order valence-corrected chi connectivity index (χ3v) is 2.72. The van der Waals surface area contributed by atoms with E-state index >= 15 is 0 Å². The molecule has 2 nitrogen and oxygen atoms in total. The lowest BCUT2D eigenvalue weighted by molar-refractivity contribution is 0.436. The molecule has 0 aliphatic rings. The zero-order valence-electron chi connectivity index (χ0n) is 6.41. The van der Waals surface area contributed by atoms with Gasteiger partial charge in [0.2, 0.25) is 0 Å². The molecule has 0 aliphatic heterocycles. The van der Waals surface area contributed by atoms with E-state index in [1.165, 1.54) is 17.4 Å². The number of fused-ring (bicyclic) bond motifs is 1. The molecule has 1 heterocycles. The molecular weight excluding hydrogens is 189 g/mol. The lowest BCUT2D eigenvalue weighted by Gasteiger charge is -1.95. The lowest BCUT2D eigenvalue weighted by atomic mass is 10.2. The fraction of sp³-hybridized carbons (Fsp3) is 0. The summed E-state index contributed by atoms with van der Waals surface area (Å²) in [6.45, 7) is 0. The van der Waals surface area contributed by atoms with Gasteiger partial charge in [-0.05, 0) is 12.1 Å². The normalized spacial score (nSPS) is 10.2. The molecule has 0 saturated carbocycles. The molecule has 2 aromatic rings. The molecule has 1 aromatic carbocycles. The monoisotopic (exact) mass is 193 g/mol. The van der Waals surface area contributed by atoms with Gasteiger partial charge in [-0.2, -0.15) is 5.26 Å². The first-order valence-electron chi connectivity index (χ1n) is 3.53. The molecule has 0 atom stereocenters. The summed E-state index contributed by atoms with van der Waals surface area (Å²) in [7, 11) is 0. The maximum absolute atomic E-state index is 13.3. The molecule has 0 spiro atoms. The molecule has 4 heteroatoms. The highest BCUT2D eigenvalue weighted by molar-refractivity contribution is 7.17. The predicted octanol–water partition coefficient (Wildman–Crippen LogP) is 2.62. The van der Waals surface area contributed by atoms with E-state index in [2.05, 4.69) is 0 Å². The zero-order chi connectivity index (χ0) is 9.42. The number of halogens is 1. The second-order valence-electron chi connectivity index (χ2n) is 2.53. The largest absolute Gasteiger partial charge is 0.505 e. The molecule has 2 rings (SSSR count). The second kappa shape index (κ2) is 2.71. The Kier molecular flexibility index (Phi) is 1.67. The van der Waals surface area contributed by atoms with E-state index in [-0.39, 0.29) is 10.9 Å². The van der Waals surface area contributed by atoms with E-state index in [0.29, 0.717) is 4.70 Å². The van der Waals surface area contributed by atoms with E-state index < -0.39 is 11.6 Å². The smallest absolute Gasteiger partial charge is 0.174 e. The van der Waals surface area contributed by atoms with Crippen LogP contribution in [0.25, 0.3) is 10.1 Å². The molecule has 0 saturated heterocycles. The zero-order valence-corrected chi connectivity index (χ0v) is 7.23. The first-order valence-corrected chi connectivity index (χ1v) is 4.41. The maximum Gasteiger partial charge on any atom is 0.174 e. The number of phenols is 1. The summed E-state index contributed by atoms with van der Waals surface area (Å²) in [5, 5.41) is 19.5. The molecule has 0 fully saturated rings. The van der Waals surface area contributed by atoms with Gasteiger partial charge < -0.3 is 5.11 Å². The van der Waals surface area contributed by atoms with Crippen LogP contribution >= 0.6 is 11.3 Å². The van der Waals surface area contributed by atoms with Gasteiger partial charge in [-0.25, -0.2) is 4.39 Å². The fourth-order valence-electron chi connectivity index (χ4n) is 1.16. The molecular formula is C9H4FNOS. The van der Waals surface area contributed by atoms with Crippen molar-refractivity contribution >= 4 is 21.4 Å². The van der Waals surface area contributed by atoms with Crippen LogP contribution in [0.4, 0.5) is 4.39 Å². The summed E-state index contributed by atoms with van der Waals surface area (Å²) >= 11 is 1.29. The van der Waals surface area contributed by atoms with Crippen molar-refractivity contribution in [1.29, 1.82) is 5.26 Å². The van der Waals surface area contributed by atoms with Crippen LogP contribution in [0.1, 0.15) is 5.56 Å². The van der Waals surface area contributed by atoms with Crippen molar-refractivity contribution in [1.82, 2.24) is 0 Å². The minimum Gasteiger partial charge on any atom is -0.505 e. The van der Waals surface area contributed by atoms with Crippen LogP contribution in [0.2, 0.25) is 0 Å². The van der Waals surface area contributed by atoms with Crippen LogP contribution in [0.15, 0.2) is 17.5 Å². The summed E-state index contributed by atoms with van der Waals surface area (Å²) in [5.74, 6) is -1.13. The van der Waals surface area contributed by atoms with Gasteiger partial charge in [0.25, 0.3) is 0 Å². The van der Waals surface area contributed by atoms with Crippen molar-refractivity contribution in [2.45, 2.75) is 0 Å². The number of aromatic hydroxyl groups is 1. The topological polar surface area (TPSA) is 44.0 Å². The molecule has 1 aromatic heterocycles. The van der Waals surface area contributed by atoms with Gasteiger partial charge in [0.15, 0.2) is 11.6 Å². The predicted molar refractivity (Wildman–Crippen MR) is 48.2 cm³/mol. The Morgan fingerprint density at radius 1 is 1.46 bits per heavy atom. The SMILES string of the molecule is N#Cc1csc2ccc(O)c(F)c12. The number of hydrogen-bond donors (Lipinski definition) is 1. The molecule has 0 aliphatic carbocycles. The highest BCUT2D eigenvalue weighted by atomic mass is 32.1. The Bertz CT molecular complexity index is 512. The number of phenolic OH excluding ortho intramolecular Hbond substituents is 1. The molecule has 0 amide bonds. The van der Waals surface area contributed by atoms with Gasteiger partial charge in [0.05, 0.1) is 5.56 Å². The van der Waals surface area contributed by atoms with E-state index in [1.54, 1.807) is 11.4 Å². The highest BCUT2D eigenvalue weighted by Gasteiger charge is 2.11. The third-order valence-electron chi connectivity index (χ3n) is 1.78. The van der Waals surface area contributed by atoms with Crippen LogP contribution in [-0.4, -0.2) is 5.11 Å². The molecule has 64 valence electrons. The molecule has 1 N–H and O–H groups in total. The van der Waals surface area contributed by atoms with Crippen LogP contribution in [0.3, 0.4) is 0 Å². The number of hydrogen-bond acceptors (Lipinski definition) is 3. The summed E-state index contributed by atoms with van der Waals surface area (Å²) in [6, 6.07) is 4.76. The standard InChI is InChI=1S/C9H4FNOS/c10-9-6(12)1-2-7-8(9)5(3-11)4-13-7/h1-2,4,12H. The number of nitrogens with zero attached hydrogens (tertiary/aromatic N) is 1. The number of benzene rings is 1. The van der Waals surface area contributed by atoms with Gasteiger partial charge in [-0.3, -0.25) is 0 Å². The Morgan fingerprint density at radius 3 is 2.92 bits per heavy atom. The second-order valence-corrected chi connectivity index (χ2v) is 3.44. The highest BCUT2D eigenvalue weighted by Crippen LogP contribution is 2.32. The van der Waals surface area contributed by atoms with Crippen molar-refractivity contribution in [3.8, 4) is 11.8 Å². The summed E-state index contributed by atoms with van der Waals surface area (Å²) < 4.78 is 14.0. The summed E-state index contributed by atoms with van der Waals surface area (Å²) in [4.78, 5) is 0. The number of rotatable bonds is 0. The Hall–Kier alpha value is -1.60.